The summed E-state index contributed by atoms with van der Waals surface area (Å²) >= 11 is 0. The molecule has 1 saturated heterocycles. The monoisotopic (exact) mass is 226 g/mol. The van der Waals surface area contributed by atoms with Crippen molar-refractivity contribution in [3.63, 3.8) is 0 Å². The highest BCUT2D eigenvalue weighted by Gasteiger charge is 2.17. The third kappa shape index (κ3) is 1.84. The van der Waals surface area contributed by atoms with Gasteiger partial charge < -0.3 is 4.90 Å². The maximum absolute atomic E-state index is 12.1. The minimum Gasteiger partial charge on any atom is -0.368 e. The van der Waals surface area contributed by atoms with Crippen LogP contribution in [0.2, 0.25) is 0 Å². The van der Waals surface area contributed by atoms with Crippen molar-refractivity contribution in [1.82, 2.24) is 0 Å². The first-order valence-corrected chi connectivity index (χ1v) is 6.30. The normalized spacial score (nSPS) is 16.4. The Morgan fingerprint density at radius 1 is 0.882 bits per heavy atom. The van der Waals surface area contributed by atoms with E-state index in [1.807, 2.05) is 18.2 Å². The van der Waals surface area contributed by atoms with Gasteiger partial charge in [-0.05, 0) is 30.7 Å². The summed E-state index contributed by atoms with van der Waals surface area (Å²) in [5.41, 5.74) is 0.905. The van der Waals surface area contributed by atoms with Crippen molar-refractivity contribution in [3.05, 3.63) is 36.4 Å². The lowest BCUT2D eigenvalue weighted by Gasteiger charge is -2.29. The van der Waals surface area contributed by atoms with Gasteiger partial charge in [-0.3, -0.25) is 5.11 Å². The molecule has 0 bridgehead atoms. The van der Waals surface area contributed by atoms with Gasteiger partial charge in [-0.2, -0.15) is 0 Å². The lowest BCUT2D eigenvalue weighted by atomic mass is 10.0. The zero-order chi connectivity index (χ0) is 11.7. The molecule has 0 saturated carbocycles. The molecule has 0 N–H and O–H groups in total. The summed E-state index contributed by atoms with van der Waals surface area (Å²) in [6.45, 7) is 2.03. The van der Waals surface area contributed by atoms with Crippen LogP contribution < -0.4 is 4.90 Å². The summed E-state index contributed by atoms with van der Waals surface area (Å²) in [5.74, 6) is 0.158. The molecule has 3 rings (SSSR count). The van der Waals surface area contributed by atoms with Crippen LogP contribution >= 0.6 is 0 Å². The summed E-state index contributed by atoms with van der Waals surface area (Å²) < 4.78 is 0. The molecule has 2 heteroatoms. The number of fused-ring (bicyclic) bond motifs is 1. The van der Waals surface area contributed by atoms with Crippen LogP contribution in [-0.2, 0) is 5.11 Å². The van der Waals surface area contributed by atoms with E-state index in [1.165, 1.54) is 19.3 Å². The first-order valence-electron chi connectivity index (χ1n) is 6.30. The maximum Gasteiger partial charge on any atom is 0.202 e. The van der Waals surface area contributed by atoms with E-state index in [2.05, 4.69) is 17.0 Å². The Kier molecular flexibility index (Phi) is 2.63. The maximum atomic E-state index is 12.1. The molecule has 1 fully saturated rings. The van der Waals surface area contributed by atoms with Crippen LogP contribution in [-0.4, -0.2) is 13.1 Å². The highest BCUT2D eigenvalue weighted by Crippen LogP contribution is 2.37. The lowest BCUT2D eigenvalue weighted by Crippen LogP contribution is -2.29. The average molecular weight is 226 g/mol. The predicted octanol–water partition coefficient (Wildman–Crippen LogP) is 3.97. The van der Waals surface area contributed by atoms with Crippen molar-refractivity contribution in [2.24, 2.45) is 0 Å². The Bertz CT molecular complexity index is 529. The molecule has 2 aromatic carbocycles. The molecule has 17 heavy (non-hydrogen) atoms. The molecule has 0 aliphatic carbocycles. The molecule has 0 unspecified atom stereocenters. The zero-order valence-corrected chi connectivity index (χ0v) is 9.86. The van der Waals surface area contributed by atoms with Gasteiger partial charge in [0, 0.05) is 18.5 Å². The Morgan fingerprint density at radius 3 is 2.47 bits per heavy atom. The van der Waals surface area contributed by atoms with E-state index in [0.29, 0.717) is 0 Å². The second kappa shape index (κ2) is 4.28. The first kappa shape index (κ1) is 10.5. The highest BCUT2D eigenvalue weighted by atomic mass is 16.3. The van der Waals surface area contributed by atoms with Crippen LogP contribution in [0.3, 0.4) is 0 Å². The number of piperidine rings is 1. The minimum absolute atomic E-state index is 0.158. The van der Waals surface area contributed by atoms with Crippen LogP contribution in [0, 0.1) is 0 Å². The largest absolute Gasteiger partial charge is 0.368 e. The molecule has 1 heterocycles. The van der Waals surface area contributed by atoms with Crippen LogP contribution in [0.4, 0.5) is 5.69 Å². The second-order valence-corrected chi connectivity index (χ2v) is 4.68. The van der Waals surface area contributed by atoms with Crippen molar-refractivity contribution in [2.75, 3.05) is 18.0 Å². The fourth-order valence-electron chi connectivity index (χ4n) is 2.68. The highest BCUT2D eigenvalue weighted by molar-refractivity contribution is 5.97. The van der Waals surface area contributed by atoms with E-state index in [-0.39, 0.29) is 5.75 Å². The Labute approximate surface area is 101 Å². The first-order chi connectivity index (χ1) is 8.36. The van der Waals surface area contributed by atoms with E-state index in [1.54, 1.807) is 6.07 Å². The van der Waals surface area contributed by atoms with Crippen LogP contribution in [0.15, 0.2) is 36.4 Å². The summed E-state index contributed by atoms with van der Waals surface area (Å²) in [4.78, 5) is 2.26. The number of benzene rings is 2. The smallest absolute Gasteiger partial charge is 0.202 e. The summed E-state index contributed by atoms with van der Waals surface area (Å²) in [6.07, 6.45) is 3.68. The fraction of sp³-hybridized carbons (Fsp3) is 0.333. The van der Waals surface area contributed by atoms with Crippen molar-refractivity contribution >= 4 is 16.5 Å². The molecule has 2 nitrogen and oxygen atoms in total. The van der Waals surface area contributed by atoms with Gasteiger partial charge >= 0.3 is 0 Å². The van der Waals surface area contributed by atoms with E-state index < -0.39 is 0 Å². The Morgan fingerprint density at radius 2 is 1.65 bits per heavy atom. The lowest BCUT2D eigenvalue weighted by molar-refractivity contribution is 0.354. The second-order valence-electron chi connectivity index (χ2n) is 4.68. The quantitative estimate of drug-likeness (QED) is 0.721. The number of hydrogen-bond acceptors (Lipinski definition) is 1. The van der Waals surface area contributed by atoms with E-state index in [4.69, 9.17) is 0 Å². The van der Waals surface area contributed by atoms with Gasteiger partial charge in [-0.15, -0.1) is 0 Å². The van der Waals surface area contributed by atoms with Gasteiger partial charge in [0.15, 0.2) is 0 Å². The molecular weight excluding hydrogens is 210 g/mol. The molecule has 0 atom stereocenters. The average Bonchev–Trinajstić information content (AvgIpc) is 2.39. The third-order valence-electron chi connectivity index (χ3n) is 3.54. The van der Waals surface area contributed by atoms with Crippen LogP contribution in [0.5, 0.6) is 5.75 Å². The van der Waals surface area contributed by atoms with E-state index >= 15 is 0 Å². The topological polar surface area (TPSA) is 23.1 Å². The molecule has 0 aromatic heterocycles. The van der Waals surface area contributed by atoms with Crippen molar-refractivity contribution in [1.29, 1.82) is 0 Å². The summed E-state index contributed by atoms with van der Waals surface area (Å²) in [5, 5.41) is 14.3. The van der Waals surface area contributed by atoms with Gasteiger partial charge in [-0.1, -0.05) is 30.3 Å². The zero-order valence-electron chi connectivity index (χ0n) is 9.86. The third-order valence-corrected chi connectivity index (χ3v) is 3.54. The van der Waals surface area contributed by atoms with Gasteiger partial charge in [-0.25, -0.2) is 0 Å². The van der Waals surface area contributed by atoms with Crippen molar-refractivity contribution in [3.8, 4) is 5.75 Å². The van der Waals surface area contributed by atoms with E-state index in [9.17, 15) is 5.11 Å². The Hall–Kier alpha value is -1.70. The molecule has 1 aliphatic heterocycles. The number of nitrogens with zero attached hydrogens (tertiary/aromatic N) is 1. The van der Waals surface area contributed by atoms with Crippen molar-refractivity contribution in [2.45, 2.75) is 19.3 Å². The van der Waals surface area contributed by atoms with Crippen LogP contribution in [0.1, 0.15) is 19.3 Å². The molecule has 87 valence electrons. The molecule has 1 radical (unpaired) electrons. The SMILES string of the molecule is [O]c1ccc2ccccc2c1N1CCCCC1. The molecular formula is C15H16NO. The van der Waals surface area contributed by atoms with Gasteiger partial charge in [0.2, 0.25) is 5.75 Å². The molecule has 1 aliphatic rings. The Balaban J connectivity index is 2.15. The number of anilines is 1. The fourth-order valence-corrected chi connectivity index (χ4v) is 2.68. The van der Waals surface area contributed by atoms with Gasteiger partial charge in [0.1, 0.15) is 0 Å². The van der Waals surface area contributed by atoms with Gasteiger partial charge in [0.05, 0.1) is 5.69 Å². The molecule has 0 spiro atoms. The number of rotatable bonds is 1. The summed E-state index contributed by atoms with van der Waals surface area (Å²) in [6, 6.07) is 11.8. The standard InChI is InChI=1S/C15H16NO/c17-14-9-8-12-6-2-3-7-13(12)15(14)16-10-4-1-5-11-16/h2-3,6-9H,1,4-5,10-11H2. The molecule has 2 aromatic rings. The summed E-state index contributed by atoms with van der Waals surface area (Å²) in [7, 11) is 0. The minimum atomic E-state index is 0.158. The van der Waals surface area contributed by atoms with E-state index in [0.717, 1.165) is 29.5 Å². The van der Waals surface area contributed by atoms with Crippen molar-refractivity contribution < 1.29 is 5.11 Å². The predicted molar refractivity (Wildman–Crippen MR) is 70.1 cm³/mol. The van der Waals surface area contributed by atoms with Gasteiger partial charge in [0.25, 0.3) is 0 Å². The molecule has 0 amide bonds. The number of hydrogen-bond donors (Lipinski definition) is 0. The van der Waals surface area contributed by atoms with Crippen LogP contribution in [0.25, 0.3) is 10.8 Å².